The second kappa shape index (κ2) is 8.71. The van der Waals surface area contributed by atoms with Crippen molar-refractivity contribution in [3.8, 4) is 11.5 Å². The van der Waals surface area contributed by atoms with Crippen LogP contribution >= 0.6 is 0 Å². The Bertz CT molecular complexity index is 630. The van der Waals surface area contributed by atoms with Gasteiger partial charge in [-0.1, -0.05) is 36.4 Å². The predicted molar refractivity (Wildman–Crippen MR) is 96.6 cm³/mol. The quantitative estimate of drug-likeness (QED) is 0.772. The van der Waals surface area contributed by atoms with E-state index in [1.165, 1.54) is 0 Å². The van der Waals surface area contributed by atoms with Crippen LogP contribution in [0.5, 0.6) is 11.5 Å². The van der Waals surface area contributed by atoms with Crippen LogP contribution in [-0.2, 0) is 0 Å². The van der Waals surface area contributed by atoms with Gasteiger partial charge in [0.25, 0.3) is 0 Å². The molecule has 2 aromatic rings. The van der Waals surface area contributed by atoms with Crippen molar-refractivity contribution in [2.45, 2.75) is 38.5 Å². The summed E-state index contributed by atoms with van der Waals surface area (Å²) >= 11 is 0. The van der Waals surface area contributed by atoms with E-state index in [-0.39, 0.29) is 12.1 Å². The van der Waals surface area contributed by atoms with Gasteiger partial charge in [-0.3, -0.25) is 0 Å². The molecule has 0 aliphatic rings. The highest BCUT2D eigenvalue weighted by Crippen LogP contribution is 2.30. The number of aliphatic hydroxyl groups is 1. The molecule has 0 aliphatic heterocycles. The fourth-order valence-corrected chi connectivity index (χ4v) is 2.86. The van der Waals surface area contributed by atoms with Crippen LogP contribution in [0, 0.1) is 0 Å². The SMILES string of the molecule is COc1ccc(C(C)NC(C)CC(O)c2ccccc2)cc1OC. The number of nitrogens with one attached hydrogen (secondary N) is 1. The Morgan fingerprint density at radius 1 is 0.917 bits per heavy atom. The number of rotatable bonds is 8. The molecule has 24 heavy (non-hydrogen) atoms. The van der Waals surface area contributed by atoms with Crippen molar-refractivity contribution in [1.29, 1.82) is 0 Å². The molecule has 0 aromatic heterocycles. The topological polar surface area (TPSA) is 50.7 Å². The molecule has 0 saturated carbocycles. The molecule has 2 N–H and O–H groups in total. The lowest BCUT2D eigenvalue weighted by atomic mass is 10.0. The van der Waals surface area contributed by atoms with Crippen LogP contribution in [0.4, 0.5) is 0 Å². The number of methoxy groups -OCH3 is 2. The van der Waals surface area contributed by atoms with Gasteiger partial charge in [0.05, 0.1) is 20.3 Å². The zero-order valence-electron chi connectivity index (χ0n) is 14.8. The Morgan fingerprint density at radius 2 is 1.58 bits per heavy atom. The third kappa shape index (κ3) is 4.73. The van der Waals surface area contributed by atoms with E-state index in [9.17, 15) is 5.11 Å². The summed E-state index contributed by atoms with van der Waals surface area (Å²) in [6.45, 7) is 4.19. The minimum atomic E-state index is -0.466. The number of aliphatic hydroxyl groups excluding tert-OH is 1. The zero-order valence-corrected chi connectivity index (χ0v) is 14.8. The van der Waals surface area contributed by atoms with Crippen molar-refractivity contribution in [3.63, 3.8) is 0 Å². The zero-order chi connectivity index (χ0) is 17.5. The molecular weight excluding hydrogens is 302 g/mol. The average molecular weight is 329 g/mol. The monoisotopic (exact) mass is 329 g/mol. The highest BCUT2D eigenvalue weighted by atomic mass is 16.5. The molecule has 2 aromatic carbocycles. The van der Waals surface area contributed by atoms with E-state index in [1.54, 1.807) is 14.2 Å². The highest BCUT2D eigenvalue weighted by Gasteiger charge is 2.16. The van der Waals surface area contributed by atoms with Crippen molar-refractivity contribution in [2.24, 2.45) is 0 Å². The van der Waals surface area contributed by atoms with Crippen LogP contribution in [0.25, 0.3) is 0 Å². The van der Waals surface area contributed by atoms with E-state index >= 15 is 0 Å². The van der Waals surface area contributed by atoms with Gasteiger partial charge in [0.2, 0.25) is 0 Å². The summed E-state index contributed by atoms with van der Waals surface area (Å²) in [5, 5.41) is 13.9. The number of hydrogen-bond donors (Lipinski definition) is 2. The van der Waals surface area contributed by atoms with Gasteiger partial charge in [-0.25, -0.2) is 0 Å². The summed E-state index contributed by atoms with van der Waals surface area (Å²) in [6.07, 6.45) is 0.188. The Labute approximate surface area is 144 Å². The Hall–Kier alpha value is -2.04. The van der Waals surface area contributed by atoms with Gasteiger partial charge >= 0.3 is 0 Å². The minimum Gasteiger partial charge on any atom is -0.493 e. The van der Waals surface area contributed by atoms with E-state index in [4.69, 9.17) is 9.47 Å². The second-order valence-corrected chi connectivity index (χ2v) is 6.07. The molecule has 2 rings (SSSR count). The first-order valence-electron chi connectivity index (χ1n) is 8.26. The molecule has 3 unspecified atom stereocenters. The summed E-state index contributed by atoms with van der Waals surface area (Å²) in [5.74, 6) is 1.45. The molecule has 3 atom stereocenters. The third-order valence-electron chi connectivity index (χ3n) is 4.20. The molecule has 0 fully saturated rings. The smallest absolute Gasteiger partial charge is 0.161 e. The van der Waals surface area contributed by atoms with E-state index in [2.05, 4.69) is 19.2 Å². The first-order chi connectivity index (χ1) is 11.5. The lowest BCUT2D eigenvalue weighted by molar-refractivity contribution is 0.152. The van der Waals surface area contributed by atoms with Gasteiger partial charge in [-0.15, -0.1) is 0 Å². The third-order valence-corrected chi connectivity index (χ3v) is 4.20. The molecule has 0 radical (unpaired) electrons. The number of benzene rings is 2. The largest absolute Gasteiger partial charge is 0.493 e. The Morgan fingerprint density at radius 3 is 2.21 bits per heavy atom. The maximum absolute atomic E-state index is 10.3. The van der Waals surface area contributed by atoms with Crippen molar-refractivity contribution < 1.29 is 14.6 Å². The average Bonchev–Trinajstić information content (AvgIpc) is 2.61. The predicted octanol–water partition coefficient (Wildman–Crippen LogP) is 3.87. The standard InChI is InChI=1S/C20H27NO3/c1-14(12-18(22)16-8-6-5-7-9-16)21-15(2)17-10-11-19(23-3)20(13-17)24-4/h5-11,13-15,18,21-22H,12H2,1-4H3. The van der Waals surface area contributed by atoms with Gasteiger partial charge < -0.3 is 19.9 Å². The van der Waals surface area contributed by atoms with Crippen LogP contribution in [-0.4, -0.2) is 25.4 Å². The fraction of sp³-hybridized carbons (Fsp3) is 0.400. The molecule has 0 amide bonds. The second-order valence-electron chi connectivity index (χ2n) is 6.07. The first-order valence-corrected chi connectivity index (χ1v) is 8.26. The van der Waals surface area contributed by atoms with E-state index in [0.717, 1.165) is 22.6 Å². The molecule has 0 aliphatic carbocycles. The van der Waals surface area contributed by atoms with Crippen LogP contribution in [0.3, 0.4) is 0 Å². The van der Waals surface area contributed by atoms with Crippen molar-refractivity contribution in [2.75, 3.05) is 14.2 Å². The molecule has 4 heteroatoms. The molecule has 0 bridgehead atoms. The van der Waals surface area contributed by atoms with Crippen LogP contribution < -0.4 is 14.8 Å². The molecule has 4 nitrogen and oxygen atoms in total. The molecule has 0 heterocycles. The highest BCUT2D eigenvalue weighted by molar-refractivity contribution is 5.43. The van der Waals surface area contributed by atoms with Crippen molar-refractivity contribution in [3.05, 3.63) is 59.7 Å². The van der Waals surface area contributed by atoms with Gasteiger partial charge in [0, 0.05) is 12.1 Å². The van der Waals surface area contributed by atoms with Gasteiger partial charge in [-0.2, -0.15) is 0 Å². The Balaban J connectivity index is 1.97. The van der Waals surface area contributed by atoms with Crippen molar-refractivity contribution in [1.82, 2.24) is 5.32 Å². The minimum absolute atomic E-state index is 0.141. The van der Waals surface area contributed by atoms with Crippen LogP contribution in [0.2, 0.25) is 0 Å². The van der Waals surface area contributed by atoms with E-state index < -0.39 is 6.10 Å². The maximum Gasteiger partial charge on any atom is 0.161 e. The summed E-state index contributed by atoms with van der Waals surface area (Å²) in [7, 11) is 3.27. The van der Waals surface area contributed by atoms with E-state index in [0.29, 0.717) is 6.42 Å². The number of hydrogen-bond acceptors (Lipinski definition) is 4. The van der Waals surface area contributed by atoms with Crippen LogP contribution in [0.1, 0.15) is 43.5 Å². The summed E-state index contributed by atoms with van der Waals surface area (Å²) < 4.78 is 10.6. The Kier molecular flexibility index (Phi) is 6.64. The lowest BCUT2D eigenvalue weighted by Gasteiger charge is -2.23. The normalized spacial score (nSPS) is 14.7. The van der Waals surface area contributed by atoms with Crippen LogP contribution in [0.15, 0.2) is 48.5 Å². The van der Waals surface area contributed by atoms with Gasteiger partial charge in [-0.05, 0) is 43.5 Å². The van der Waals surface area contributed by atoms with E-state index in [1.807, 2.05) is 48.5 Å². The molecule has 0 spiro atoms. The fourth-order valence-electron chi connectivity index (χ4n) is 2.86. The van der Waals surface area contributed by atoms with Gasteiger partial charge in [0.15, 0.2) is 11.5 Å². The summed E-state index contributed by atoms with van der Waals surface area (Å²) in [5.41, 5.74) is 2.07. The first kappa shape index (κ1) is 18.3. The van der Waals surface area contributed by atoms with Crippen molar-refractivity contribution >= 4 is 0 Å². The molecule has 130 valence electrons. The number of ether oxygens (including phenoxy) is 2. The molecule has 0 saturated heterocycles. The molecular formula is C20H27NO3. The maximum atomic E-state index is 10.3. The lowest BCUT2D eigenvalue weighted by Crippen LogP contribution is -2.30. The summed E-state index contributed by atoms with van der Waals surface area (Å²) in [6, 6.07) is 16.0. The summed E-state index contributed by atoms with van der Waals surface area (Å²) in [4.78, 5) is 0. The van der Waals surface area contributed by atoms with Gasteiger partial charge in [0.1, 0.15) is 0 Å².